The van der Waals surface area contributed by atoms with Gasteiger partial charge in [0.05, 0.1) is 39.1 Å². The van der Waals surface area contributed by atoms with Crippen LogP contribution in [0.3, 0.4) is 0 Å². The highest BCUT2D eigenvalue weighted by Gasteiger charge is 2.31. The number of furan rings is 1. The van der Waals surface area contributed by atoms with Gasteiger partial charge in [0.1, 0.15) is 6.26 Å². The largest absolute Gasteiger partial charge is 0.493 e. The molecule has 1 aliphatic rings. The Hall–Kier alpha value is -3.16. The molecule has 0 bridgehead atoms. The molecule has 1 aliphatic heterocycles. The van der Waals surface area contributed by atoms with E-state index in [1.807, 2.05) is 6.07 Å². The fourth-order valence-electron chi connectivity index (χ4n) is 3.86. The van der Waals surface area contributed by atoms with Crippen molar-refractivity contribution in [2.45, 2.75) is 19.4 Å². The van der Waals surface area contributed by atoms with Gasteiger partial charge in [0, 0.05) is 32.2 Å². The van der Waals surface area contributed by atoms with Gasteiger partial charge in [-0.25, -0.2) is 0 Å². The number of hydrogen-bond acceptors (Lipinski definition) is 6. The molecule has 0 aliphatic carbocycles. The average Bonchev–Trinajstić information content (AvgIpc) is 3.32. The number of nitrogens with zero attached hydrogens (tertiary/aromatic N) is 2. The first-order chi connectivity index (χ1) is 14.5. The lowest BCUT2D eigenvalue weighted by Crippen LogP contribution is -2.45. The summed E-state index contributed by atoms with van der Waals surface area (Å²) in [5.41, 5.74) is 1.32. The molecule has 1 aromatic carbocycles. The van der Waals surface area contributed by atoms with E-state index < -0.39 is 0 Å². The monoisotopic (exact) mass is 416 g/mol. The molecule has 2 amide bonds. The van der Waals surface area contributed by atoms with Gasteiger partial charge in [-0.1, -0.05) is 0 Å². The maximum Gasteiger partial charge on any atom is 0.257 e. The van der Waals surface area contributed by atoms with Crippen molar-refractivity contribution in [1.29, 1.82) is 0 Å². The highest BCUT2D eigenvalue weighted by molar-refractivity contribution is 5.94. The molecular formula is C22H28N2O6. The van der Waals surface area contributed by atoms with Crippen molar-refractivity contribution in [3.05, 3.63) is 41.9 Å². The smallest absolute Gasteiger partial charge is 0.257 e. The third-order valence-corrected chi connectivity index (χ3v) is 5.40. The molecule has 3 rings (SSSR count). The predicted octanol–water partition coefficient (Wildman–Crippen LogP) is 2.82. The van der Waals surface area contributed by atoms with Crippen LogP contribution < -0.4 is 14.2 Å². The van der Waals surface area contributed by atoms with Gasteiger partial charge in [-0.3, -0.25) is 9.59 Å². The molecule has 2 aromatic rings. The van der Waals surface area contributed by atoms with Crippen LogP contribution in [0.4, 0.5) is 0 Å². The summed E-state index contributed by atoms with van der Waals surface area (Å²) in [7, 11) is 6.43. The summed E-state index contributed by atoms with van der Waals surface area (Å²) in [5.74, 6) is 1.24. The van der Waals surface area contributed by atoms with Crippen LogP contribution in [0, 0.1) is 5.92 Å². The Bertz CT molecular complexity index is 880. The number of carbonyl (C=O) groups excluding carboxylic acids is 2. The lowest BCUT2D eigenvalue weighted by atomic mass is 9.96. The summed E-state index contributed by atoms with van der Waals surface area (Å²) in [6, 6.07) is 5.30. The second kappa shape index (κ2) is 9.56. The molecule has 2 heterocycles. The number of amides is 2. The van der Waals surface area contributed by atoms with E-state index in [2.05, 4.69) is 0 Å². The van der Waals surface area contributed by atoms with Gasteiger partial charge in [-0.05, 0) is 31.0 Å². The van der Waals surface area contributed by atoms with Crippen LogP contribution >= 0.6 is 0 Å². The van der Waals surface area contributed by atoms with E-state index in [1.54, 1.807) is 50.3 Å². The zero-order valence-electron chi connectivity index (χ0n) is 17.8. The Morgan fingerprint density at radius 1 is 1.13 bits per heavy atom. The van der Waals surface area contributed by atoms with Crippen LogP contribution in [0.15, 0.2) is 35.1 Å². The van der Waals surface area contributed by atoms with Crippen LogP contribution in [0.25, 0.3) is 0 Å². The second-order valence-corrected chi connectivity index (χ2v) is 7.29. The van der Waals surface area contributed by atoms with E-state index in [0.717, 1.165) is 18.4 Å². The normalized spacial score (nSPS) is 16.1. The van der Waals surface area contributed by atoms with Gasteiger partial charge in [0.25, 0.3) is 5.91 Å². The van der Waals surface area contributed by atoms with Crippen LogP contribution in [0.1, 0.15) is 28.8 Å². The predicted molar refractivity (Wildman–Crippen MR) is 110 cm³/mol. The number of carbonyl (C=O) groups is 2. The van der Waals surface area contributed by atoms with Gasteiger partial charge in [-0.15, -0.1) is 0 Å². The maximum atomic E-state index is 13.1. The summed E-state index contributed by atoms with van der Waals surface area (Å²) < 4.78 is 21.3. The van der Waals surface area contributed by atoms with E-state index in [9.17, 15) is 9.59 Å². The number of piperidine rings is 1. The minimum Gasteiger partial charge on any atom is -0.493 e. The highest BCUT2D eigenvalue weighted by atomic mass is 16.5. The maximum absolute atomic E-state index is 13.1. The van der Waals surface area contributed by atoms with Crippen molar-refractivity contribution in [3.8, 4) is 17.2 Å². The first-order valence-corrected chi connectivity index (χ1v) is 9.84. The van der Waals surface area contributed by atoms with Crippen molar-refractivity contribution >= 4 is 11.8 Å². The third-order valence-electron chi connectivity index (χ3n) is 5.40. The first-order valence-electron chi connectivity index (χ1n) is 9.84. The Balaban J connectivity index is 1.70. The third kappa shape index (κ3) is 4.37. The van der Waals surface area contributed by atoms with Crippen molar-refractivity contribution in [1.82, 2.24) is 9.80 Å². The molecule has 1 unspecified atom stereocenters. The van der Waals surface area contributed by atoms with Gasteiger partial charge in [-0.2, -0.15) is 0 Å². The topological polar surface area (TPSA) is 81.5 Å². The number of likely N-dealkylation sites (tertiary alicyclic amines) is 1. The molecule has 8 nitrogen and oxygen atoms in total. The summed E-state index contributed by atoms with van der Waals surface area (Å²) >= 11 is 0. The van der Waals surface area contributed by atoms with E-state index >= 15 is 0 Å². The van der Waals surface area contributed by atoms with Crippen LogP contribution in [0.5, 0.6) is 17.2 Å². The molecule has 0 saturated carbocycles. The summed E-state index contributed by atoms with van der Waals surface area (Å²) in [5, 5.41) is 0. The van der Waals surface area contributed by atoms with Crippen LogP contribution in [-0.2, 0) is 11.3 Å². The molecule has 1 fully saturated rings. The Kier molecular flexibility index (Phi) is 6.87. The molecule has 30 heavy (non-hydrogen) atoms. The fraction of sp³-hybridized carbons (Fsp3) is 0.455. The van der Waals surface area contributed by atoms with Gasteiger partial charge in [0.2, 0.25) is 11.7 Å². The molecule has 1 saturated heterocycles. The standard InChI is InChI=1S/C22H28N2O6/c1-23(12-15-7-8-18(27-2)20(29-4)19(15)28-3)21(25)16-6-5-10-24(13-16)22(26)17-9-11-30-14-17/h7-9,11,14,16H,5-6,10,12-13H2,1-4H3. The summed E-state index contributed by atoms with van der Waals surface area (Å²) in [4.78, 5) is 29.1. The lowest BCUT2D eigenvalue weighted by Gasteiger charge is -2.34. The lowest BCUT2D eigenvalue weighted by molar-refractivity contribution is -0.136. The minimum absolute atomic E-state index is 0.00321. The second-order valence-electron chi connectivity index (χ2n) is 7.29. The molecule has 162 valence electrons. The van der Waals surface area contributed by atoms with Crippen LogP contribution in [0.2, 0.25) is 0 Å². The highest BCUT2D eigenvalue weighted by Crippen LogP contribution is 2.40. The van der Waals surface area contributed by atoms with Gasteiger partial charge < -0.3 is 28.4 Å². The number of ether oxygens (including phenoxy) is 3. The van der Waals surface area contributed by atoms with Crippen molar-refractivity contribution in [2.75, 3.05) is 41.5 Å². The fourth-order valence-corrected chi connectivity index (χ4v) is 3.86. The Labute approximate surface area is 176 Å². The molecular weight excluding hydrogens is 388 g/mol. The van der Waals surface area contributed by atoms with Crippen molar-refractivity contribution in [2.24, 2.45) is 5.92 Å². The SMILES string of the molecule is COc1ccc(CN(C)C(=O)C2CCCN(C(=O)c3ccoc3)C2)c(OC)c1OC. The van der Waals surface area contributed by atoms with E-state index in [0.29, 0.717) is 42.4 Å². The molecule has 1 atom stereocenters. The number of hydrogen-bond donors (Lipinski definition) is 0. The minimum atomic E-state index is -0.245. The van der Waals surface area contributed by atoms with E-state index in [-0.39, 0.29) is 17.7 Å². The number of benzene rings is 1. The number of methoxy groups -OCH3 is 3. The first kappa shape index (κ1) is 21.5. The molecule has 0 N–H and O–H groups in total. The average molecular weight is 416 g/mol. The summed E-state index contributed by atoms with van der Waals surface area (Å²) in [6.45, 7) is 1.39. The quantitative estimate of drug-likeness (QED) is 0.690. The van der Waals surface area contributed by atoms with Gasteiger partial charge in [0.15, 0.2) is 11.5 Å². The Morgan fingerprint density at radius 2 is 1.90 bits per heavy atom. The van der Waals surface area contributed by atoms with Crippen LogP contribution in [-0.4, -0.2) is 63.1 Å². The Morgan fingerprint density at radius 3 is 2.53 bits per heavy atom. The zero-order chi connectivity index (χ0) is 21.7. The molecule has 8 heteroatoms. The van der Waals surface area contributed by atoms with E-state index in [1.165, 1.54) is 12.5 Å². The summed E-state index contributed by atoms with van der Waals surface area (Å²) in [6.07, 6.45) is 4.45. The van der Waals surface area contributed by atoms with E-state index in [4.69, 9.17) is 18.6 Å². The van der Waals surface area contributed by atoms with Gasteiger partial charge >= 0.3 is 0 Å². The van der Waals surface area contributed by atoms with Crippen molar-refractivity contribution < 1.29 is 28.2 Å². The molecule has 0 radical (unpaired) electrons. The molecule has 1 aromatic heterocycles. The molecule has 0 spiro atoms. The van der Waals surface area contributed by atoms with Crippen molar-refractivity contribution in [3.63, 3.8) is 0 Å². The number of rotatable bonds is 7. The zero-order valence-corrected chi connectivity index (χ0v) is 17.8.